The molecule has 3 unspecified atom stereocenters. The summed E-state index contributed by atoms with van der Waals surface area (Å²) in [5.74, 6) is -0.378. The van der Waals surface area contributed by atoms with Crippen molar-refractivity contribution in [2.75, 3.05) is 38.8 Å². The van der Waals surface area contributed by atoms with E-state index in [-0.39, 0.29) is 41.9 Å². The molecule has 1 aromatic heterocycles. The van der Waals surface area contributed by atoms with Crippen LogP contribution in [0.25, 0.3) is 0 Å². The summed E-state index contributed by atoms with van der Waals surface area (Å²) in [7, 11) is 2.94. The number of likely N-dealkylation sites (tertiary alicyclic amines) is 1. The van der Waals surface area contributed by atoms with Crippen molar-refractivity contribution in [1.29, 1.82) is 0 Å². The van der Waals surface area contributed by atoms with Crippen LogP contribution in [-0.2, 0) is 22.6 Å². The number of barbiturate groups is 1. The summed E-state index contributed by atoms with van der Waals surface area (Å²) in [6, 6.07) is 15.7. The van der Waals surface area contributed by atoms with Crippen LogP contribution in [0.1, 0.15) is 23.6 Å². The Labute approximate surface area is 242 Å². The highest BCUT2D eigenvalue weighted by Gasteiger charge is 2.56. The second-order valence-corrected chi connectivity index (χ2v) is 11.3. The van der Waals surface area contributed by atoms with Crippen LogP contribution in [0.15, 0.2) is 65.5 Å². The van der Waals surface area contributed by atoms with E-state index < -0.39 is 23.3 Å². The molecule has 0 spiro atoms. The average Bonchev–Trinajstić information content (AvgIpc) is 2.98. The molecule has 4 heterocycles. The standard InChI is InChI=1S/C31H32N4O7/c1-41-23-9-7-22(8-10-23)35-29(39)31(28(38)32-30(35)40,14-19-6-11-25(36)26(13-19)42-2)18-33-15-20-12-21(17-33)24-4-3-5-27(37)34(24)16-20/h3-11,13,20-21,36H,12,14-18H2,1-2H3,(H,32,38,40). The van der Waals surface area contributed by atoms with Crippen LogP contribution in [0.4, 0.5) is 10.5 Å². The van der Waals surface area contributed by atoms with Gasteiger partial charge < -0.3 is 24.0 Å². The van der Waals surface area contributed by atoms with Gasteiger partial charge in [0.2, 0.25) is 5.91 Å². The Bertz CT molecular complexity index is 1620. The normalized spacial score (nSPS) is 23.8. The Morgan fingerprint density at radius 3 is 2.48 bits per heavy atom. The zero-order valence-electron chi connectivity index (χ0n) is 23.4. The van der Waals surface area contributed by atoms with E-state index in [0.29, 0.717) is 36.6 Å². The number of carbonyl (C=O) groups is 3. The van der Waals surface area contributed by atoms with Gasteiger partial charge in [0.25, 0.3) is 11.5 Å². The minimum Gasteiger partial charge on any atom is -0.504 e. The number of aromatic nitrogens is 1. The lowest BCUT2D eigenvalue weighted by Crippen LogP contribution is -2.68. The average molecular weight is 573 g/mol. The summed E-state index contributed by atoms with van der Waals surface area (Å²) in [5.41, 5.74) is 0.158. The fourth-order valence-electron chi connectivity index (χ4n) is 6.68. The SMILES string of the molecule is COc1ccc(N2C(=O)NC(=O)C(Cc3ccc(O)c(OC)c3)(CN3CC4CC(C3)c3cccc(=O)n3C4)C2=O)cc1. The van der Waals surface area contributed by atoms with Crippen LogP contribution in [0.2, 0.25) is 0 Å². The van der Waals surface area contributed by atoms with Gasteiger partial charge in [-0.25, -0.2) is 9.69 Å². The van der Waals surface area contributed by atoms with E-state index in [2.05, 4.69) is 10.2 Å². The van der Waals surface area contributed by atoms with Gasteiger partial charge in [-0.2, -0.15) is 0 Å². The van der Waals surface area contributed by atoms with Crippen molar-refractivity contribution in [2.45, 2.75) is 25.3 Å². The fraction of sp³-hybridized carbons (Fsp3) is 0.355. The van der Waals surface area contributed by atoms with Crippen molar-refractivity contribution >= 4 is 23.5 Å². The number of urea groups is 1. The van der Waals surface area contributed by atoms with Gasteiger partial charge in [0, 0.05) is 43.9 Å². The van der Waals surface area contributed by atoms with Gasteiger partial charge in [0.1, 0.15) is 11.2 Å². The van der Waals surface area contributed by atoms with Gasteiger partial charge in [0.15, 0.2) is 11.5 Å². The molecule has 2 saturated heterocycles. The second kappa shape index (κ2) is 10.6. The maximum absolute atomic E-state index is 14.5. The molecule has 4 amide bonds. The minimum absolute atomic E-state index is 0.0242. The lowest BCUT2D eigenvalue weighted by molar-refractivity contribution is -0.144. The molecule has 3 aliphatic heterocycles. The molecule has 11 nitrogen and oxygen atoms in total. The molecule has 2 aromatic carbocycles. The third-order valence-electron chi connectivity index (χ3n) is 8.60. The van der Waals surface area contributed by atoms with Crippen molar-refractivity contribution in [3.63, 3.8) is 0 Å². The highest BCUT2D eigenvalue weighted by Crippen LogP contribution is 2.40. The number of pyridine rings is 1. The van der Waals surface area contributed by atoms with E-state index in [4.69, 9.17) is 9.47 Å². The first-order chi connectivity index (χ1) is 20.2. The summed E-state index contributed by atoms with van der Waals surface area (Å²) < 4.78 is 12.3. The van der Waals surface area contributed by atoms with E-state index in [1.807, 2.05) is 10.6 Å². The van der Waals surface area contributed by atoms with Crippen LogP contribution in [-0.4, -0.2) is 66.3 Å². The van der Waals surface area contributed by atoms with Gasteiger partial charge in [-0.05, 0) is 66.8 Å². The minimum atomic E-state index is -1.67. The number of piperidine rings is 1. The molecule has 3 atom stereocenters. The van der Waals surface area contributed by atoms with Gasteiger partial charge >= 0.3 is 6.03 Å². The van der Waals surface area contributed by atoms with E-state index in [0.717, 1.165) is 17.0 Å². The molecule has 2 fully saturated rings. The van der Waals surface area contributed by atoms with Crippen LogP contribution >= 0.6 is 0 Å². The summed E-state index contributed by atoms with van der Waals surface area (Å²) >= 11 is 0. The number of anilines is 1. The quantitative estimate of drug-likeness (QED) is 0.413. The molecule has 0 saturated carbocycles. The molecule has 218 valence electrons. The molecule has 3 aliphatic rings. The number of rotatable bonds is 7. The Morgan fingerprint density at radius 1 is 0.952 bits per heavy atom. The Morgan fingerprint density at radius 2 is 1.74 bits per heavy atom. The molecule has 3 aromatic rings. The number of ether oxygens (including phenoxy) is 2. The number of aromatic hydroxyl groups is 1. The lowest BCUT2D eigenvalue weighted by Gasteiger charge is -2.47. The number of phenols is 1. The Balaban J connectivity index is 1.39. The number of hydrogen-bond acceptors (Lipinski definition) is 8. The maximum Gasteiger partial charge on any atom is 0.335 e. The molecule has 0 aliphatic carbocycles. The zero-order valence-corrected chi connectivity index (χ0v) is 23.4. The summed E-state index contributed by atoms with van der Waals surface area (Å²) in [6.45, 7) is 1.78. The highest BCUT2D eigenvalue weighted by atomic mass is 16.5. The third kappa shape index (κ3) is 4.69. The van der Waals surface area contributed by atoms with Gasteiger partial charge in [-0.3, -0.25) is 19.7 Å². The highest BCUT2D eigenvalue weighted by molar-refractivity contribution is 6.30. The molecule has 11 heteroatoms. The Hall–Kier alpha value is -4.64. The fourth-order valence-corrected chi connectivity index (χ4v) is 6.68. The van der Waals surface area contributed by atoms with Crippen LogP contribution in [0.5, 0.6) is 17.2 Å². The zero-order chi connectivity index (χ0) is 29.6. The second-order valence-electron chi connectivity index (χ2n) is 11.3. The van der Waals surface area contributed by atoms with Crippen molar-refractivity contribution in [2.24, 2.45) is 11.3 Å². The number of imide groups is 2. The number of nitrogens with one attached hydrogen (secondary N) is 1. The lowest BCUT2D eigenvalue weighted by atomic mass is 9.75. The topological polar surface area (TPSA) is 130 Å². The Kier molecular flexibility index (Phi) is 6.97. The largest absolute Gasteiger partial charge is 0.504 e. The monoisotopic (exact) mass is 572 g/mol. The number of hydrogen-bond donors (Lipinski definition) is 2. The van der Waals surface area contributed by atoms with Gasteiger partial charge in [0.05, 0.1) is 19.9 Å². The van der Waals surface area contributed by atoms with E-state index in [1.54, 1.807) is 48.5 Å². The van der Waals surface area contributed by atoms with E-state index in [1.165, 1.54) is 20.3 Å². The van der Waals surface area contributed by atoms with E-state index in [9.17, 15) is 24.3 Å². The van der Waals surface area contributed by atoms with Crippen LogP contribution < -0.4 is 25.2 Å². The van der Waals surface area contributed by atoms with Crippen LogP contribution in [0.3, 0.4) is 0 Å². The van der Waals surface area contributed by atoms with Gasteiger partial charge in [-0.15, -0.1) is 0 Å². The number of amides is 4. The van der Waals surface area contributed by atoms with Crippen molar-refractivity contribution < 1.29 is 29.0 Å². The van der Waals surface area contributed by atoms with Crippen LogP contribution in [0, 0.1) is 11.3 Å². The third-order valence-corrected chi connectivity index (χ3v) is 8.60. The molecule has 2 N–H and O–H groups in total. The molecule has 0 radical (unpaired) electrons. The maximum atomic E-state index is 14.5. The first-order valence-corrected chi connectivity index (χ1v) is 13.8. The van der Waals surface area contributed by atoms with E-state index >= 15 is 0 Å². The van der Waals surface area contributed by atoms with Crippen molar-refractivity contribution in [3.05, 3.63) is 82.3 Å². The predicted molar refractivity (Wildman–Crippen MR) is 153 cm³/mol. The summed E-state index contributed by atoms with van der Waals surface area (Å²) in [6.07, 6.45) is 0.884. The number of benzene rings is 2. The number of nitrogens with zero attached hydrogens (tertiary/aromatic N) is 3. The number of fused-ring (bicyclic) bond motifs is 4. The smallest absolute Gasteiger partial charge is 0.335 e. The number of methoxy groups -OCH3 is 2. The van der Waals surface area contributed by atoms with Gasteiger partial charge in [-0.1, -0.05) is 12.1 Å². The molecule has 6 rings (SSSR count). The molecule has 42 heavy (non-hydrogen) atoms. The van der Waals surface area contributed by atoms with Crippen molar-refractivity contribution in [1.82, 2.24) is 14.8 Å². The summed E-state index contributed by atoms with van der Waals surface area (Å²) in [5, 5.41) is 12.6. The predicted octanol–water partition coefficient (Wildman–Crippen LogP) is 2.50. The summed E-state index contributed by atoms with van der Waals surface area (Å²) in [4.78, 5) is 57.1. The number of carbonyl (C=O) groups excluding carboxylic acids is 3. The molecule has 2 bridgehead atoms. The number of phenolic OH excluding ortho intramolecular Hbond substituents is 1. The molecular formula is C31H32N4O7. The first kappa shape index (κ1) is 27.5. The first-order valence-electron chi connectivity index (χ1n) is 13.8. The molecular weight excluding hydrogens is 540 g/mol. The van der Waals surface area contributed by atoms with Crippen molar-refractivity contribution in [3.8, 4) is 17.2 Å².